The molecule has 0 spiro atoms. The summed E-state index contributed by atoms with van der Waals surface area (Å²) in [6.45, 7) is 9.00. The first-order valence-corrected chi connectivity index (χ1v) is 12.4. The first kappa shape index (κ1) is 27.6. The van der Waals surface area contributed by atoms with Gasteiger partial charge in [-0.3, -0.25) is 10.1 Å². The number of aromatic nitrogens is 1. The molecule has 0 aliphatic rings. The Morgan fingerprint density at radius 2 is 1.68 bits per heavy atom. The highest BCUT2D eigenvalue weighted by Crippen LogP contribution is 2.30. The number of carbonyl (C=O) groups is 2. The quantitative estimate of drug-likeness (QED) is 0.325. The van der Waals surface area contributed by atoms with Crippen molar-refractivity contribution in [2.24, 2.45) is 0 Å². The van der Waals surface area contributed by atoms with E-state index in [0.29, 0.717) is 52.8 Å². The third-order valence-corrected chi connectivity index (χ3v) is 5.73. The van der Waals surface area contributed by atoms with Crippen molar-refractivity contribution in [1.29, 1.82) is 0 Å². The van der Waals surface area contributed by atoms with Crippen LogP contribution in [0.2, 0.25) is 0 Å². The van der Waals surface area contributed by atoms with Crippen molar-refractivity contribution in [1.82, 2.24) is 15.4 Å². The van der Waals surface area contributed by atoms with Gasteiger partial charge in [-0.15, -0.1) is 0 Å². The fourth-order valence-electron chi connectivity index (χ4n) is 3.98. The van der Waals surface area contributed by atoms with E-state index in [2.05, 4.69) is 15.8 Å². The molecule has 0 saturated heterocycles. The molecule has 0 atom stereocenters. The second-order valence-corrected chi connectivity index (χ2v) is 9.06. The number of benzene rings is 2. The molecule has 0 aliphatic heterocycles. The molecule has 2 aromatic carbocycles. The smallest absolute Gasteiger partial charge is 0.320 e. The standard InChI is InChI=1S/C27H36N4O6/c1-17(2)31(18(3)4)26(32)19-9-12-22(24(15-19)34-6)36-14-8-7-13-35-20-10-11-21-23(16-20)37-30-25(21)29-27(33)28-5/h9-12,15-18H,7-8,13-14H2,1-6H3,(H2,28,29,30,33). The molecular formula is C27H36N4O6. The van der Waals surface area contributed by atoms with Crippen LogP contribution in [0.1, 0.15) is 50.9 Å². The number of ether oxygens (including phenoxy) is 3. The summed E-state index contributed by atoms with van der Waals surface area (Å²) < 4.78 is 22.5. The summed E-state index contributed by atoms with van der Waals surface area (Å²) in [6, 6.07) is 10.4. The van der Waals surface area contributed by atoms with Gasteiger partial charge in [-0.05, 0) is 70.9 Å². The summed E-state index contributed by atoms with van der Waals surface area (Å²) in [7, 11) is 3.09. The third-order valence-electron chi connectivity index (χ3n) is 5.73. The minimum atomic E-state index is -0.372. The number of carbonyl (C=O) groups excluding carboxylic acids is 2. The van der Waals surface area contributed by atoms with Crippen LogP contribution in [0.4, 0.5) is 10.6 Å². The van der Waals surface area contributed by atoms with E-state index in [0.717, 1.165) is 12.8 Å². The number of unbranched alkanes of at least 4 members (excludes halogenated alkanes) is 1. The molecule has 2 N–H and O–H groups in total. The topological polar surface area (TPSA) is 115 Å². The fourth-order valence-corrected chi connectivity index (χ4v) is 3.98. The van der Waals surface area contributed by atoms with Crippen molar-refractivity contribution in [2.45, 2.75) is 52.6 Å². The van der Waals surface area contributed by atoms with Gasteiger partial charge in [0, 0.05) is 30.8 Å². The Morgan fingerprint density at radius 3 is 2.32 bits per heavy atom. The zero-order valence-corrected chi connectivity index (χ0v) is 22.3. The van der Waals surface area contributed by atoms with Crippen LogP contribution in [0, 0.1) is 0 Å². The zero-order valence-electron chi connectivity index (χ0n) is 22.3. The maximum absolute atomic E-state index is 13.0. The largest absolute Gasteiger partial charge is 0.493 e. The lowest BCUT2D eigenvalue weighted by Crippen LogP contribution is -2.42. The van der Waals surface area contributed by atoms with Crippen LogP contribution >= 0.6 is 0 Å². The van der Waals surface area contributed by atoms with Crippen LogP contribution in [0.3, 0.4) is 0 Å². The number of fused-ring (bicyclic) bond motifs is 1. The molecule has 0 unspecified atom stereocenters. The number of nitrogens with one attached hydrogen (secondary N) is 2. The average Bonchev–Trinajstić information content (AvgIpc) is 3.27. The van der Waals surface area contributed by atoms with E-state index in [4.69, 9.17) is 18.7 Å². The highest BCUT2D eigenvalue weighted by molar-refractivity contribution is 5.98. The van der Waals surface area contributed by atoms with E-state index in [1.54, 1.807) is 43.5 Å². The van der Waals surface area contributed by atoms with Crippen LogP contribution in [0.25, 0.3) is 11.0 Å². The van der Waals surface area contributed by atoms with Gasteiger partial charge in [0.25, 0.3) is 5.91 Å². The monoisotopic (exact) mass is 512 g/mol. The van der Waals surface area contributed by atoms with Gasteiger partial charge in [-0.2, -0.15) is 0 Å². The Balaban J connectivity index is 1.48. The van der Waals surface area contributed by atoms with E-state index in [1.807, 2.05) is 32.6 Å². The van der Waals surface area contributed by atoms with Crippen molar-refractivity contribution in [3.05, 3.63) is 42.0 Å². The predicted molar refractivity (Wildman–Crippen MR) is 142 cm³/mol. The van der Waals surface area contributed by atoms with Gasteiger partial charge in [0.05, 0.1) is 25.7 Å². The molecule has 0 bridgehead atoms. The minimum Gasteiger partial charge on any atom is -0.493 e. The van der Waals surface area contributed by atoms with Gasteiger partial charge < -0.3 is 29.0 Å². The normalized spacial score (nSPS) is 11.0. The van der Waals surface area contributed by atoms with Gasteiger partial charge in [0.15, 0.2) is 22.9 Å². The van der Waals surface area contributed by atoms with Gasteiger partial charge in [0.1, 0.15) is 5.75 Å². The van der Waals surface area contributed by atoms with Crippen molar-refractivity contribution in [3.63, 3.8) is 0 Å². The summed E-state index contributed by atoms with van der Waals surface area (Å²) in [5, 5.41) is 9.64. The maximum atomic E-state index is 13.0. The van der Waals surface area contributed by atoms with Crippen LogP contribution in [0.5, 0.6) is 17.2 Å². The lowest BCUT2D eigenvalue weighted by atomic mass is 10.1. The molecule has 0 aliphatic carbocycles. The number of nitrogens with zero attached hydrogens (tertiary/aromatic N) is 2. The molecule has 10 nitrogen and oxygen atoms in total. The van der Waals surface area contributed by atoms with Gasteiger partial charge >= 0.3 is 6.03 Å². The number of urea groups is 1. The molecule has 3 rings (SSSR count). The Hall–Kier alpha value is -3.95. The Bertz CT molecular complexity index is 1200. The summed E-state index contributed by atoms with van der Waals surface area (Å²) in [5.74, 6) is 2.09. The second-order valence-electron chi connectivity index (χ2n) is 9.06. The van der Waals surface area contributed by atoms with Crippen LogP contribution in [0.15, 0.2) is 40.9 Å². The van der Waals surface area contributed by atoms with E-state index < -0.39 is 0 Å². The highest BCUT2D eigenvalue weighted by atomic mass is 16.5. The van der Waals surface area contributed by atoms with Crippen molar-refractivity contribution in [3.8, 4) is 17.2 Å². The first-order chi connectivity index (χ1) is 17.7. The molecule has 1 heterocycles. The fraction of sp³-hybridized carbons (Fsp3) is 0.444. The van der Waals surface area contributed by atoms with Crippen LogP contribution in [-0.4, -0.2) is 61.4 Å². The van der Waals surface area contributed by atoms with Crippen molar-refractivity contribution in [2.75, 3.05) is 32.7 Å². The molecule has 3 amide bonds. The lowest BCUT2D eigenvalue weighted by molar-refractivity contribution is 0.0643. The Morgan fingerprint density at radius 1 is 0.973 bits per heavy atom. The van der Waals surface area contributed by atoms with Crippen LogP contribution < -0.4 is 24.8 Å². The molecule has 37 heavy (non-hydrogen) atoms. The molecule has 1 aromatic heterocycles. The van der Waals surface area contributed by atoms with E-state index in [1.165, 1.54) is 7.05 Å². The molecule has 0 radical (unpaired) electrons. The second kappa shape index (κ2) is 12.8. The summed E-state index contributed by atoms with van der Waals surface area (Å²) in [4.78, 5) is 26.3. The minimum absolute atomic E-state index is 0.0329. The first-order valence-electron chi connectivity index (χ1n) is 12.4. The zero-order chi connectivity index (χ0) is 26.9. The number of hydrogen-bond acceptors (Lipinski definition) is 7. The predicted octanol–water partition coefficient (Wildman–Crippen LogP) is 5.08. The summed E-state index contributed by atoms with van der Waals surface area (Å²) in [6.07, 6.45) is 1.54. The molecule has 200 valence electrons. The average molecular weight is 513 g/mol. The SMILES string of the molecule is CNC(=O)Nc1noc2cc(OCCCCOc3ccc(C(=O)N(C(C)C)C(C)C)cc3OC)ccc12. The van der Waals surface area contributed by atoms with Gasteiger partial charge in [-0.1, -0.05) is 5.16 Å². The highest BCUT2D eigenvalue weighted by Gasteiger charge is 2.22. The summed E-state index contributed by atoms with van der Waals surface area (Å²) in [5.41, 5.74) is 1.09. The van der Waals surface area contributed by atoms with E-state index >= 15 is 0 Å². The van der Waals surface area contributed by atoms with Gasteiger partial charge in [0.2, 0.25) is 0 Å². The molecule has 0 saturated carbocycles. The number of rotatable bonds is 12. The van der Waals surface area contributed by atoms with Crippen LogP contribution in [-0.2, 0) is 0 Å². The number of methoxy groups -OCH3 is 1. The molecular weight excluding hydrogens is 476 g/mol. The number of hydrogen-bond donors (Lipinski definition) is 2. The van der Waals surface area contributed by atoms with Crippen molar-refractivity contribution >= 4 is 28.7 Å². The van der Waals surface area contributed by atoms with E-state index in [-0.39, 0.29) is 24.0 Å². The number of anilines is 1. The Kier molecular flexibility index (Phi) is 9.59. The lowest BCUT2D eigenvalue weighted by Gasteiger charge is -2.31. The maximum Gasteiger partial charge on any atom is 0.320 e. The van der Waals surface area contributed by atoms with Crippen molar-refractivity contribution < 1.29 is 28.3 Å². The molecule has 10 heteroatoms. The molecule has 0 fully saturated rings. The number of amides is 3. The third kappa shape index (κ3) is 7.05. The molecule has 3 aromatic rings. The van der Waals surface area contributed by atoms with Gasteiger partial charge in [-0.25, -0.2) is 4.79 Å². The Labute approximate surface area is 217 Å². The summed E-state index contributed by atoms with van der Waals surface area (Å²) >= 11 is 0. The van der Waals surface area contributed by atoms with E-state index in [9.17, 15) is 9.59 Å².